The van der Waals surface area contributed by atoms with Gasteiger partial charge in [-0.25, -0.2) is 4.99 Å². The molecule has 0 aromatic carbocycles. The maximum atomic E-state index is 12.7. The molecule has 5 nitrogen and oxygen atoms in total. The van der Waals surface area contributed by atoms with Gasteiger partial charge in [0.25, 0.3) is 5.91 Å². The van der Waals surface area contributed by atoms with Gasteiger partial charge in [-0.05, 0) is 6.08 Å². The molecule has 0 aliphatic carbocycles. The number of rotatable bonds is 1. The highest BCUT2D eigenvalue weighted by atomic mass is 19.4. The summed E-state index contributed by atoms with van der Waals surface area (Å²) >= 11 is 0. The number of alkyl halides is 3. The zero-order valence-electron chi connectivity index (χ0n) is 10.5. The first-order valence-corrected chi connectivity index (χ1v) is 5.97. The van der Waals surface area contributed by atoms with Gasteiger partial charge in [0.2, 0.25) is 5.84 Å². The number of nitrogens with zero attached hydrogens (tertiary/aromatic N) is 3. The van der Waals surface area contributed by atoms with Crippen molar-refractivity contribution in [2.75, 3.05) is 39.8 Å². The summed E-state index contributed by atoms with van der Waals surface area (Å²) in [5.74, 6) is -1.45. The van der Waals surface area contributed by atoms with Crippen LogP contribution in [0, 0.1) is 0 Å². The number of amides is 1. The van der Waals surface area contributed by atoms with Crippen LogP contribution in [0.3, 0.4) is 0 Å². The van der Waals surface area contributed by atoms with E-state index in [9.17, 15) is 18.0 Å². The Morgan fingerprint density at radius 1 is 1.37 bits per heavy atom. The van der Waals surface area contributed by atoms with E-state index in [-0.39, 0.29) is 12.2 Å². The molecule has 0 aromatic heterocycles. The number of carbonyl (C=O) groups excluding carboxylic acids is 1. The lowest BCUT2D eigenvalue weighted by molar-refractivity contribution is -0.127. The molecule has 2 heterocycles. The molecular formula is C11H15F3N4O. The molecule has 106 valence electrons. The molecule has 1 amide bonds. The minimum Gasteiger partial charge on any atom is -0.352 e. The molecule has 0 saturated carbocycles. The van der Waals surface area contributed by atoms with Crippen LogP contribution in [0.1, 0.15) is 0 Å². The standard InChI is InChI=1S/C11H15F3N4O/c1-17-5-2-8(16-10(17)11(12,13)14)9(19)18-6-3-15-4-7-18/h2,15H,3-7H2,1H3. The molecule has 0 bridgehead atoms. The van der Waals surface area contributed by atoms with Gasteiger partial charge in [0.1, 0.15) is 5.70 Å². The van der Waals surface area contributed by atoms with Crippen LogP contribution < -0.4 is 5.32 Å². The fourth-order valence-corrected chi connectivity index (χ4v) is 2.00. The van der Waals surface area contributed by atoms with Crippen molar-refractivity contribution in [1.82, 2.24) is 15.1 Å². The van der Waals surface area contributed by atoms with Crippen molar-refractivity contribution in [3.63, 3.8) is 0 Å². The lowest BCUT2D eigenvalue weighted by atomic mass is 10.2. The highest BCUT2D eigenvalue weighted by molar-refractivity contribution is 5.99. The number of nitrogens with one attached hydrogen (secondary N) is 1. The van der Waals surface area contributed by atoms with E-state index in [1.807, 2.05) is 0 Å². The summed E-state index contributed by atoms with van der Waals surface area (Å²) in [5, 5.41) is 3.08. The van der Waals surface area contributed by atoms with Gasteiger partial charge in [-0.3, -0.25) is 4.79 Å². The third kappa shape index (κ3) is 3.06. The Kier molecular flexibility index (Phi) is 3.79. The van der Waals surface area contributed by atoms with E-state index in [0.717, 1.165) is 4.90 Å². The van der Waals surface area contributed by atoms with Crippen molar-refractivity contribution >= 4 is 11.7 Å². The molecule has 0 aromatic rings. The highest BCUT2D eigenvalue weighted by Crippen LogP contribution is 2.23. The summed E-state index contributed by atoms with van der Waals surface area (Å²) in [4.78, 5) is 18.0. The lowest BCUT2D eigenvalue weighted by Gasteiger charge is -2.30. The summed E-state index contributed by atoms with van der Waals surface area (Å²) in [7, 11) is 1.30. The van der Waals surface area contributed by atoms with Crippen molar-refractivity contribution < 1.29 is 18.0 Å². The molecule has 19 heavy (non-hydrogen) atoms. The van der Waals surface area contributed by atoms with Crippen LogP contribution in [0.5, 0.6) is 0 Å². The fraction of sp³-hybridized carbons (Fsp3) is 0.636. The van der Waals surface area contributed by atoms with Gasteiger partial charge >= 0.3 is 6.18 Å². The second-order valence-corrected chi connectivity index (χ2v) is 4.45. The Labute approximate surface area is 108 Å². The van der Waals surface area contributed by atoms with Gasteiger partial charge in [0.15, 0.2) is 0 Å². The van der Waals surface area contributed by atoms with Gasteiger partial charge in [-0.15, -0.1) is 0 Å². The van der Waals surface area contributed by atoms with E-state index < -0.39 is 17.9 Å². The molecule has 2 aliphatic rings. The minimum atomic E-state index is -4.54. The highest BCUT2D eigenvalue weighted by Gasteiger charge is 2.40. The predicted octanol–water partition coefficient (Wildman–Crippen LogP) is 0.208. The molecule has 0 radical (unpaired) electrons. The summed E-state index contributed by atoms with van der Waals surface area (Å²) in [6, 6.07) is 0. The first-order valence-electron chi connectivity index (χ1n) is 5.97. The zero-order valence-corrected chi connectivity index (χ0v) is 10.5. The fourth-order valence-electron chi connectivity index (χ4n) is 2.00. The average molecular weight is 276 g/mol. The van der Waals surface area contributed by atoms with Crippen LogP contribution in [0.4, 0.5) is 13.2 Å². The minimum absolute atomic E-state index is 0.0332. The Morgan fingerprint density at radius 2 is 2.00 bits per heavy atom. The molecule has 8 heteroatoms. The Balaban J connectivity index is 2.16. The number of aliphatic imine (C=N–C) groups is 1. The SMILES string of the molecule is CN1CC=C(C(=O)N2CCNCC2)N=C1C(F)(F)F. The molecule has 2 rings (SSSR count). The second-order valence-electron chi connectivity index (χ2n) is 4.45. The summed E-state index contributed by atoms with van der Waals surface area (Å²) in [6.07, 6.45) is -3.11. The van der Waals surface area contributed by atoms with E-state index in [1.165, 1.54) is 18.0 Å². The summed E-state index contributed by atoms with van der Waals surface area (Å²) < 4.78 is 38.2. The maximum absolute atomic E-state index is 12.7. The Morgan fingerprint density at radius 3 is 2.58 bits per heavy atom. The van der Waals surface area contributed by atoms with Crippen molar-refractivity contribution in [1.29, 1.82) is 0 Å². The molecular weight excluding hydrogens is 261 g/mol. The third-order valence-electron chi connectivity index (χ3n) is 3.02. The van der Waals surface area contributed by atoms with Gasteiger partial charge in [-0.1, -0.05) is 0 Å². The number of hydrogen-bond donors (Lipinski definition) is 1. The van der Waals surface area contributed by atoms with Crippen LogP contribution in [0.25, 0.3) is 0 Å². The van der Waals surface area contributed by atoms with Gasteiger partial charge < -0.3 is 15.1 Å². The van der Waals surface area contributed by atoms with Crippen molar-refractivity contribution in [3.05, 3.63) is 11.8 Å². The van der Waals surface area contributed by atoms with Crippen molar-refractivity contribution in [2.24, 2.45) is 4.99 Å². The lowest BCUT2D eigenvalue weighted by Crippen LogP contribution is -2.48. The van der Waals surface area contributed by atoms with E-state index in [2.05, 4.69) is 10.3 Å². The van der Waals surface area contributed by atoms with Gasteiger partial charge in [0.05, 0.1) is 0 Å². The van der Waals surface area contributed by atoms with Crippen molar-refractivity contribution in [3.8, 4) is 0 Å². The molecule has 0 spiro atoms. The summed E-state index contributed by atoms with van der Waals surface area (Å²) in [6.45, 7) is 2.31. The molecule has 2 aliphatic heterocycles. The van der Waals surface area contributed by atoms with Crippen molar-refractivity contribution in [2.45, 2.75) is 6.18 Å². The third-order valence-corrected chi connectivity index (χ3v) is 3.02. The normalized spacial score (nSPS) is 21.1. The van der Waals surface area contributed by atoms with E-state index in [4.69, 9.17) is 0 Å². The Hall–Kier alpha value is -1.57. The number of amidine groups is 1. The molecule has 1 saturated heterocycles. The van der Waals surface area contributed by atoms with E-state index in [0.29, 0.717) is 26.2 Å². The first kappa shape index (κ1) is 13.9. The first-order chi connectivity index (χ1) is 8.89. The molecule has 1 N–H and O–H groups in total. The van der Waals surface area contributed by atoms with E-state index in [1.54, 1.807) is 0 Å². The van der Waals surface area contributed by atoms with Crippen LogP contribution in [-0.4, -0.2) is 67.5 Å². The van der Waals surface area contributed by atoms with Crippen LogP contribution >= 0.6 is 0 Å². The monoisotopic (exact) mass is 276 g/mol. The average Bonchev–Trinajstić information content (AvgIpc) is 2.38. The zero-order chi connectivity index (χ0) is 14.0. The number of carbonyl (C=O) groups is 1. The predicted molar refractivity (Wildman–Crippen MR) is 63.7 cm³/mol. The molecule has 1 fully saturated rings. The number of likely N-dealkylation sites (N-methyl/N-ethyl adjacent to an activating group) is 1. The Bertz CT molecular complexity index is 424. The topological polar surface area (TPSA) is 47.9 Å². The van der Waals surface area contributed by atoms with Crippen LogP contribution in [0.15, 0.2) is 16.8 Å². The maximum Gasteiger partial charge on any atom is 0.449 e. The van der Waals surface area contributed by atoms with Crippen LogP contribution in [0.2, 0.25) is 0 Å². The number of piperazine rings is 1. The largest absolute Gasteiger partial charge is 0.449 e. The van der Waals surface area contributed by atoms with Gasteiger partial charge in [-0.2, -0.15) is 13.2 Å². The quantitative estimate of drug-likeness (QED) is 0.745. The van der Waals surface area contributed by atoms with Crippen LogP contribution in [-0.2, 0) is 4.79 Å². The molecule has 0 unspecified atom stereocenters. The summed E-state index contributed by atoms with van der Waals surface area (Å²) in [5.41, 5.74) is -0.118. The number of hydrogen-bond acceptors (Lipinski definition) is 4. The smallest absolute Gasteiger partial charge is 0.352 e. The van der Waals surface area contributed by atoms with E-state index >= 15 is 0 Å². The number of halogens is 3. The molecule has 0 atom stereocenters. The van der Waals surface area contributed by atoms with Gasteiger partial charge in [0, 0.05) is 39.8 Å². The second kappa shape index (κ2) is 5.20.